The lowest BCUT2D eigenvalue weighted by molar-refractivity contribution is 0.213. The third-order valence-corrected chi connectivity index (χ3v) is 10.9. The van der Waals surface area contributed by atoms with Crippen molar-refractivity contribution in [2.45, 2.75) is 169 Å². The minimum absolute atomic E-state index is 0.510. The van der Waals surface area contributed by atoms with Gasteiger partial charge in [0.1, 0.15) is 0 Å². The maximum Gasteiger partial charge on any atom is 0.0998 e. The highest BCUT2D eigenvalue weighted by atomic mass is 14.3. The van der Waals surface area contributed by atoms with Gasteiger partial charge in [0.05, 0.1) is 11.6 Å². The van der Waals surface area contributed by atoms with Crippen LogP contribution in [0.4, 0.5) is 0 Å². The predicted octanol–water partition coefficient (Wildman–Crippen LogP) is 14.4. The van der Waals surface area contributed by atoms with Gasteiger partial charge in [-0.25, -0.2) is 0 Å². The molecule has 0 heterocycles. The van der Waals surface area contributed by atoms with Gasteiger partial charge in [0.15, 0.2) is 0 Å². The van der Waals surface area contributed by atoms with Gasteiger partial charge in [-0.1, -0.05) is 147 Å². The maximum atomic E-state index is 9.95. The van der Waals surface area contributed by atoms with Gasteiger partial charge < -0.3 is 0 Å². The van der Waals surface area contributed by atoms with Crippen LogP contribution in [-0.4, -0.2) is 0 Å². The van der Waals surface area contributed by atoms with Crippen molar-refractivity contribution in [1.29, 1.82) is 5.26 Å². The lowest BCUT2D eigenvalue weighted by atomic mass is 9.73. The number of allylic oxidation sites excluding steroid dienone is 3. The number of nitriles is 1. The molecular weight excluding hydrogens is 567 g/mol. The van der Waals surface area contributed by atoms with E-state index in [1.807, 2.05) is 0 Å². The van der Waals surface area contributed by atoms with Crippen LogP contribution in [0.2, 0.25) is 0 Å². The minimum Gasteiger partial charge on any atom is -0.192 e. The molecule has 0 N–H and O–H groups in total. The molecule has 2 aromatic carbocycles. The molecule has 0 bridgehead atoms. The van der Waals surface area contributed by atoms with E-state index in [4.69, 9.17) is 0 Å². The van der Waals surface area contributed by atoms with E-state index in [-0.39, 0.29) is 0 Å². The van der Waals surface area contributed by atoms with Crippen LogP contribution in [-0.2, 0) is 25.7 Å². The summed E-state index contributed by atoms with van der Waals surface area (Å²) in [6, 6.07) is 15.8. The van der Waals surface area contributed by atoms with Crippen molar-refractivity contribution in [1.82, 2.24) is 0 Å². The van der Waals surface area contributed by atoms with Gasteiger partial charge in [-0.3, -0.25) is 0 Å². The van der Waals surface area contributed by atoms with Gasteiger partial charge in [-0.15, -0.1) is 6.58 Å². The van der Waals surface area contributed by atoms with Crippen molar-refractivity contribution in [2.24, 2.45) is 5.41 Å². The van der Waals surface area contributed by atoms with Crippen LogP contribution < -0.4 is 0 Å². The zero-order valence-electron chi connectivity index (χ0n) is 31.3. The summed E-state index contributed by atoms with van der Waals surface area (Å²) in [6.07, 6.45) is 30.6. The molecule has 1 heteroatoms. The highest BCUT2D eigenvalue weighted by molar-refractivity contribution is 5.90. The fourth-order valence-corrected chi connectivity index (χ4v) is 7.32. The number of rotatable bonds is 26. The second-order valence-corrected chi connectivity index (χ2v) is 14.1. The van der Waals surface area contributed by atoms with E-state index in [2.05, 4.69) is 102 Å². The molecule has 0 aromatic heterocycles. The molecule has 2 rings (SSSR count). The first kappa shape index (κ1) is 40.3. The molecule has 47 heavy (non-hydrogen) atoms. The summed E-state index contributed by atoms with van der Waals surface area (Å²) < 4.78 is 0. The van der Waals surface area contributed by atoms with Crippen LogP contribution in [0.1, 0.15) is 177 Å². The average molecular weight is 636 g/mol. The lowest BCUT2D eigenvalue weighted by Crippen LogP contribution is -2.19. The lowest BCUT2D eigenvalue weighted by Gasteiger charge is -2.32. The molecule has 0 unspecified atom stereocenters. The van der Waals surface area contributed by atoms with Gasteiger partial charge >= 0.3 is 0 Å². The molecular formula is C46H69N. The van der Waals surface area contributed by atoms with Crippen molar-refractivity contribution in [3.05, 3.63) is 94.6 Å². The zero-order chi connectivity index (χ0) is 34.3. The van der Waals surface area contributed by atoms with E-state index in [1.54, 1.807) is 0 Å². The molecule has 0 aliphatic heterocycles. The van der Waals surface area contributed by atoms with E-state index in [9.17, 15) is 5.26 Å². The van der Waals surface area contributed by atoms with E-state index in [0.29, 0.717) is 5.41 Å². The van der Waals surface area contributed by atoms with Crippen LogP contribution in [0.15, 0.2) is 61.2 Å². The summed E-state index contributed by atoms with van der Waals surface area (Å²) in [4.78, 5) is 0. The topological polar surface area (TPSA) is 23.8 Å². The van der Waals surface area contributed by atoms with Gasteiger partial charge in [0, 0.05) is 0 Å². The molecule has 0 saturated heterocycles. The summed E-state index contributed by atoms with van der Waals surface area (Å²) >= 11 is 0. The van der Waals surface area contributed by atoms with Crippen LogP contribution in [0.5, 0.6) is 0 Å². The first-order valence-electron chi connectivity index (χ1n) is 19.5. The van der Waals surface area contributed by atoms with E-state index in [1.165, 1.54) is 131 Å². The third kappa shape index (κ3) is 14.4. The number of hydrogen-bond donors (Lipinski definition) is 0. The fourth-order valence-electron chi connectivity index (χ4n) is 7.32. The SMILES string of the molecule is C=CCCCC(CC)(CC)CCC(=C)CCCCCCCCCCCc1ccc(/C=C(\C#N)c2ccc(CC)c(CC)c2)cc1CC. The van der Waals surface area contributed by atoms with Crippen LogP contribution >= 0.6 is 0 Å². The summed E-state index contributed by atoms with van der Waals surface area (Å²) in [7, 11) is 0. The van der Waals surface area contributed by atoms with Crippen molar-refractivity contribution in [3.63, 3.8) is 0 Å². The van der Waals surface area contributed by atoms with Crippen LogP contribution in [0, 0.1) is 16.7 Å². The Morgan fingerprint density at radius 3 is 1.87 bits per heavy atom. The number of hydrogen-bond acceptors (Lipinski definition) is 1. The standard InChI is InChI=1S/C46H69N/c1-8-14-24-32-46(12-5,13-6)33-31-38(7)25-22-20-18-16-15-17-19-21-23-26-43-28-27-39(34-41(43)10-3)35-45(37-47)44-30-29-40(9-2)42(11-4)36-44/h8,27-30,34-36H,1,7,9-26,31-33H2,2-6H3/b45-35+. The molecule has 0 atom stereocenters. The minimum atomic E-state index is 0.510. The van der Waals surface area contributed by atoms with Crippen molar-refractivity contribution in [3.8, 4) is 6.07 Å². The Labute approximate surface area is 291 Å². The number of aryl methyl sites for hydroxylation is 4. The second kappa shape index (κ2) is 23.5. The third-order valence-electron chi connectivity index (χ3n) is 10.9. The maximum absolute atomic E-state index is 9.95. The smallest absolute Gasteiger partial charge is 0.0998 e. The molecule has 2 aromatic rings. The van der Waals surface area contributed by atoms with E-state index >= 15 is 0 Å². The molecule has 258 valence electrons. The van der Waals surface area contributed by atoms with Gasteiger partial charge in [-0.05, 0) is 122 Å². The van der Waals surface area contributed by atoms with Crippen LogP contribution in [0.25, 0.3) is 11.6 Å². The van der Waals surface area contributed by atoms with E-state index in [0.717, 1.165) is 48.8 Å². The molecule has 0 spiro atoms. The monoisotopic (exact) mass is 636 g/mol. The molecule has 0 aliphatic carbocycles. The van der Waals surface area contributed by atoms with Crippen LogP contribution in [0.3, 0.4) is 0 Å². The summed E-state index contributed by atoms with van der Waals surface area (Å²) in [5.41, 5.74) is 10.5. The Morgan fingerprint density at radius 2 is 1.28 bits per heavy atom. The largest absolute Gasteiger partial charge is 0.192 e. The summed E-state index contributed by atoms with van der Waals surface area (Å²) in [5.74, 6) is 0. The molecule has 0 amide bonds. The van der Waals surface area contributed by atoms with Gasteiger partial charge in [0.2, 0.25) is 0 Å². The van der Waals surface area contributed by atoms with Crippen molar-refractivity contribution < 1.29 is 0 Å². The zero-order valence-corrected chi connectivity index (χ0v) is 31.3. The molecule has 0 fully saturated rings. The second-order valence-electron chi connectivity index (χ2n) is 14.1. The number of benzene rings is 2. The van der Waals surface area contributed by atoms with Crippen molar-refractivity contribution >= 4 is 11.6 Å². The number of unbranched alkanes of at least 4 members (excludes halogenated alkanes) is 9. The Kier molecular flexibility index (Phi) is 20.1. The predicted molar refractivity (Wildman–Crippen MR) is 210 cm³/mol. The number of nitrogens with zero attached hydrogens (tertiary/aromatic N) is 1. The Morgan fingerprint density at radius 1 is 0.681 bits per heavy atom. The summed E-state index contributed by atoms with van der Waals surface area (Å²) in [6.45, 7) is 19.7. The Hall–Kier alpha value is -2.85. The highest BCUT2D eigenvalue weighted by Gasteiger charge is 2.25. The molecule has 0 saturated carbocycles. The Bertz CT molecular complexity index is 1260. The summed E-state index contributed by atoms with van der Waals surface area (Å²) in [5, 5.41) is 9.95. The molecule has 0 radical (unpaired) electrons. The first-order chi connectivity index (χ1) is 22.9. The quantitative estimate of drug-likeness (QED) is 0.0437. The Balaban J connectivity index is 1.65. The normalized spacial score (nSPS) is 11.9. The molecule has 0 aliphatic rings. The van der Waals surface area contributed by atoms with Gasteiger partial charge in [-0.2, -0.15) is 5.26 Å². The molecule has 1 nitrogen and oxygen atoms in total. The van der Waals surface area contributed by atoms with Gasteiger partial charge in [0.25, 0.3) is 0 Å². The first-order valence-corrected chi connectivity index (χ1v) is 19.5. The fraction of sp³-hybridized carbons (Fsp3) is 0.587. The average Bonchev–Trinajstić information content (AvgIpc) is 3.11. The highest BCUT2D eigenvalue weighted by Crippen LogP contribution is 2.39. The van der Waals surface area contributed by atoms with E-state index < -0.39 is 0 Å². The van der Waals surface area contributed by atoms with Crippen molar-refractivity contribution in [2.75, 3.05) is 0 Å².